The second-order valence-electron chi connectivity index (χ2n) is 4.04. The summed E-state index contributed by atoms with van der Waals surface area (Å²) in [5.41, 5.74) is 0. The van der Waals surface area contributed by atoms with Gasteiger partial charge in [-0.05, 0) is 12.8 Å². The Morgan fingerprint density at radius 2 is 2.00 bits per heavy atom. The van der Waals surface area contributed by atoms with Crippen molar-refractivity contribution in [2.75, 3.05) is 13.2 Å². The van der Waals surface area contributed by atoms with Crippen LogP contribution in [0.2, 0.25) is 0 Å². The number of alkyl carbamates (subject to hydrolysis) is 1. The molecule has 0 bridgehead atoms. The maximum absolute atomic E-state index is 12.7. The molecule has 2 N–H and O–H groups in total. The van der Waals surface area contributed by atoms with Crippen LogP contribution >= 0.6 is 0 Å². The van der Waals surface area contributed by atoms with Gasteiger partial charge in [0.2, 0.25) is 0 Å². The smallest absolute Gasteiger partial charge is 0.407 e. The highest BCUT2D eigenvalue weighted by molar-refractivity contribution is 5.67. The second-order valence-corrected chi connectivity index (χ2v) is 4.04. The van der Waals surface area contributed by atoms with Gasteiger partial charge < -0.3 is 15.2 Å². The zero-order valence-corrected chi connectivity index (χ0v) is 9.29. The molecule has 0 saturated heterocycles. The minimum atomic E-state index is -4.30. The molecule has 0 spiro atoms. The molecule has 1 rings (SSSR count). The Bertz CT molecular complexity index is 258. The van der Waals surface area contributed by atoms with E-state index in [9.17, 15) is 18.0 Å². The lowest BCUT2D eigenvalue weighted by molar-refractivity contribution is -0.188. The van der Waals surface area contributed by atoms with Crippen LogP contribution in [0.5, 0.6) is 0 Å². The molecule has 1 aliphatic carbocycles. The van der Waals surface area contributed by atoms with E-state index in [4.69, 9.17) is 5.11 Å². The Balaban J connectivity index is 2.51. The van der Waals surface area contributed by atoms with E-state index in [1.54, 1.807) is 0 Å². The molecule has 0 aromatic rings. The number of amides is 1. The number of carbonyl (C=O) groups is 1. The number of rotatable bonds is 3. The molecule has 1 saturated carbocycles. The number of hydrogen-bond donors (Lipinski definition) is 2. The maximum atomic E-state index is 12.7. The zero-order chi connectivity index (χ0) is 12.9. The Labute approximate surface area is 97.1 Å². The fourth-order valence-corrected chi connectivity index (χ4v) is 2.03. The van der Waals surface area contributed by atoms with E-state index in [-0.39, 0.29) is 19.6 Å². The van der Waals surface area contributed by atoms with E-state index in [0.717, 1.165) is 0 Å². The molecule has 0 heterocycles. The van der Waals surface area contributed by atoms with Crippen LogP contribution in [-0.4, -0.2) is 36.6 Å². The monoisotopic (exact) mass is 255 g/mol. The molecule has 7 heteroatoms. The first-order chi connectivity index (χ1) is 7.95. The van der Waals surface area contributed by atoms with Crippen LogP contribution in [0.4, 0.5) is 18.0 Å². The summed E-state index contributed by atoms with van der Waals surface area (Å²) in [7, 11) is 0. The molecule has 17 heavy (non-hydrogen) atoms. The summed E-state index contributed by atoms with van der Waals surface area (Å²) >= 11 is 0. The molecule has 0 aromatic carbocycles. The molecule has 1 aliphatic rings. The SMILES string of the molecule is O=C(NC1CCCCC1C(F)(F)F)OCCO. The third-order valence-corrected chi connectivity index (χ3v) is 2.81. The third kappa shape index (κ3) is 4.41. The number of aliphatic hydroxyl groups excluding tert-OH is 1. The van der Waals surface area contributed by atoms with Gasteiger partial charge in [0, 0.05) is 6.04 Å². The first kappa shape index (κ1) is 14.1. The molecule has 2 unspecified atom stereocenters. The van der Waals surface area contributed by atoms with Crippen molar-refractivity contribution >= 4 is 6.09 Å². The first-order valence-electron chi connectivity index (χ1n) is 5.56. The van der Waals surface area contributed by atoms with Gasteiger partial charge in [-0.15, -0.1) is 0 Å². The van der Waals surface area contributed by atoms with E-state index < -0.39 is 24.2 Å². The highest BCUT2D eigenvalue weighted by Crippen LogP contribution is 2.37. The van der Waals surface area contributed by atoms with E-state index in [1.807, 2.05) is 0 Å². The van der Waals surface area contributed by atoms with Crippen LogP contribution < -0.4 is 5.32 Å². The van der Waals surface area contributed by atoms with Gasteiger partial charge in [-0.2, -0.15) is 13.2 Å². The van der Waals surface area contributed by atoms with Gasteiger partial charge in [-0.3, -0.25) is 0 Å². The van der Waals surface area contributed by atoms with Crippen LogP contribution in [0.1, 0.15) is 25.7 Å². The molecule has 2 atom stereocenters. The van der Waals surface area contributed by atoms with Gasteiger partial charge >= 0.3 is 12.3 Å². The van der Waals surface area contributed by atoms with Gasteiger partial charge in [-0.1, -0.05) is 12.8 Å². The lowest BCUT2D eigenvalue weighted by atomic mass is 9.84. The van der Waals surface area contributed by atoms with Crippen molar-refractivity contribution in [2.24, 2.45) is 5.92 Å². The molecule has 4 nitrogen and oxygen atoms in total. The molecule has 1 amide bonds. The number of alkyl halides is 3. The topological polar surface area (TPSA) is 58.6 Å². The highest BCUT2D eigenvalue weighted by atomic mass is 19.4. The molecule has 0 aromatic heterocycles. The molecule has 0 radical (unpaired) electrons. The Morgan fingerprint density at radius 3 is 2.59 bits per heavy atom. The van der Waals surface area contributed by atoms with Gasteiger partial charge in [-0.25, -0.2) is 4.79 Å². The average molecular weight is 255 g/mol. The summed E-state index contributed by atoms with van der Waals surface area (Å²) < 4.78 is 42.5. The van der Waals surface area contributed by atoms with E-state index >= 15 is 0 Å². The molecule has 1 fully saturated rings. The lowest BCUT2D eigenvalue weighted by Gasteiger charge is -2.33. The number of halogens is 3. The maximum Gasteiger partial charge on any atom is 0.407 e. The van der Waals surface area contributed by atoms with Crippen molar-refractivity contribution in [3.8, 4) is 0 Å². The lowest BCUT2D eigenvalue weighted by Crippen LogP contribution is -2.47. The van der Waals surface area contributed by atoms with Crippen LogP contribution in [0.15, 0.2) is 0 Å². The summed E-state index contributed by atoms with van der Waals surface area (Å²) in [6, 6.07) is -0.921. The Hall–Kier alpha value is -0.980. The highest BCUT2D eigenvalue weighted by Gasteiger charge is 2.46. The second kappa shape index (κ2) is 6.09. The fourth-order valence-electron chi connectivity index (χ4n) is 2.03. The largest absolute Gasteiger partial charge is 0.447 e. The average Bonchev–Trinajstić information content (AvgIpc) is 2.25. The van der Waals surface area contributed by atoms with Gasteiger partial charge in [0.1, 0.15) is 6.61 Å². The van der Waals surface area contributed by atoms with E-state index in [1.165, 1.54) is 0 Å². The van der Waals surface area contributed by atoms with E-state index in [0.29, 0.717) is 19.3 Å². The summed E-state index contributed by atoms with van der Waals surface area (Å²) in [6.45, 7) is -0.560. The van der Waals surface area contributed by atoms with Gasteiger partial charge in [0.25, 0.3) is 0 Å². The molecule has 0 aliphatic heterocycles. The fraction of sp³-hybridized carbons (Fsp3) is 0.900. The first-order valence-corrected chi connectivity index (χ1v) is 5.56. The van der Waals surface area contributed by atoms with Crippen LogP contribution in [0, 0.1) is 5.92 Å². The van der Waals surface area contributed by atoms with Gasteiger partial charge in [0.15, 0.2) is 0 Å². The number of hydrogen-bond acceptors (Lipinski definition) is 3. The summed E-state index contributed by atoms with van der Waals surface area (Å²) in [4.78, 5) is 11.1. The summed E-state index contributed by atoms with van der Waals surface area (Å²) in [5.74, 6) is -1.50. The molecular formula is C10H16F3NO3. The van der Waals surface area contributed by atoms with Crippen molar-refractivity contribution in [3.63, 3.8) is 0 Å². The minimum Gasteiger partial charge on any atom is -0.447 e. The van der Waals surface area contributed by atoms with Crippen LogP contribution in [-0.2, 0) is 4.74 Å². The minimum absolute atomic E-state index is 0.0362. The van der Waals surface area contributed by atoms with Crippen LogP contribution in [0.25, 0.3) is 0 Å². The van der Waals surface area contributed by atoms with Crippen molar-refractivity contribution < 1.29 is 27.8 Å². The van der Waals surface area contributed by atoms with Crippen molar-refractivity contribution in [3.05, 3.63) is 0 Å². The van der Waals surface area contributed by atoms with Crippen molar-refractivity contribution in [2.45, 2.75) is 37.9 Å². The Morgan fingerprint density at radius 1 is 1.35 bits per heavy atom. The number of ether oxygens (including phenoxy) is 1. The van der Waals surface area contributed by atoms with Crippen molar-refractivity contribution in [1.29, 1.82) is 0 Å². The normalized spacial score (nSPS) is 25.4. The zero-order valence-electron chi connectivity index (χ0n) is 9.29. The van der Waals surface area contributed by atoms with Gasteiger partial charge in [0.05, 0.1) is 12.5 Å². The summed E-state index contributed by atoms with van der Waals surface area (Å²) in [5, 5.41) is 10.6. The predicted octanol–water partition coefficient (Wildman–Crippen LogP) is 1.83. The third-order valence-electron chi connectivity index (χ3n) is 2.81. The quantitative estimate of drug-likeness (QED) is 0.808. The molecule has 100 valence electrons. The van der Waals surface area contributed by atoms with E-state index in [2.05, 4.69) is 10.1 Å². The van der Waals surface area contributed by atoms with Crippen molar-refractivity contribution in [1.82, 2.24) is 5.32 Å². The standard InChI is InChI=1S/C10H16F3NO3/c11-10(12,13)7-3-1-2-4-8(7)14-9(16)17-6-5-15/h7-8,15H,1-6H2,(H,14,16). The number of aliphatic hydroxyl groups is 1. The Kier molecular flexibility index (Phi) is 5.04. The number of carbonyl (C=O) groups excluding carboxylic acids is 1. The predicted molar refractivity (Wildman–Crippen MR) is 53.4 cm³/mol. The summed E-state index contributed by atoms with van der Waals surface area (Å²) in [6.07, 6.45) is -3.67. The number of nitrogens with one attached hydrogen (secondary N) is 1. The molecular weight excluding hydrogens is 239 g/mol. The van der Waals surface area contributed by atoms with Crippen LogP contribution in [0.3, 0.4) is 0 Å².